The van der Waals surface area contributed by atoms with Crippen molar-refractivity contribution in [3.8, 4) is 17.1 Å². The lowest BCUT2D eigenvalue weighted by Gasteiger charge is -2.06. The first-order valence-corrected chi connectivity index (χ1v) is 9.49. The fourth-order valence-electron chi connectivity index (χ4n) is 3.43. The molecule has 7 heteroatoms. The molecule has 4 aromatic rings. The van der Waals surface area contributed by atoms with E-state index in [9.17, 15) is 4.79 Å². The fraction of sp³-hybridized carbons (Fsp3) is 0.182. The van der Waals surface area contributed by atoms with Gasteiger partial charge in [0.15, 0.2) is 11.6 Å². The highest BCUT2D eigenvalue weighted by molar-refractivity contribution is 6.04. The number of carbonyl (C=O) groups is 1. The molecular weight excluding hydrogens is 364 g/mol. The number of hydrogen-bond acceptors (Lipinski definition) is 4. The van der Waals surface area contributed by atoms with E-state index in [4.69, 9.17) is 0 Å². The van der Waals surface area contributed by atoms with E-state index in [0.717, 1.165) is 17.0 Å². The summed E-state index contributed by atoms with van der Waals surface area (Å²) < 4.78 is 1.69. The van der Waals surface area contributed by atoms with E-state index in [1.807, 2.05) is 31.2 Å². The molecule has 0 saturated carbocycles. The topological polar surface area (TPSA) is 88.5 Å². The van der Waals surface area contributed by atoms with Crippen molar-refractivity contribution in [3.05, 3.63) is 77.2 Å². The molecule has 0 spiro atoms. The molecule has 1 aromatic carbocycles. The lowest BCUT2D eigenvalue weighted by molar-refractivity contribution is 0.102. The monoisotopic (exact) mass is 386 g/mol. The molecule has 3 heterocycles. The average Bonchev–Trinajstić information content (AvgIpc) is 3.34. The van der Waals surface area contributed by atoms with Crippen LogP contribution in [-0.4, -0.2) is 30.9 Å². The second kappa shape index (κ2) is 7.71. The largest absolute Gasteiger partial charge is 0.305 e. The Labute approximate surface area is 168 Å². The molecule has 0 aliphatic heterocycles. The summed E-state index contributed by atoms with van der Waals surface area (Å²) >= 11 is 0. The molecule has 0 radical (unpaired) electrons. The second-order valence-corrected chi connectivity index (χ2v) is 6.96. The van der Waals surface area contributed by atoms with Crippen LogP contribution in [0.1, 0.15) is 34.1 Å². The van der Waals surface area contributed by atoms with Crippen LogP contribution in [0.25, 0.3) is 17.1 Å². The Kier molecular flexibility index (Phi) is 4.95. The first-order chi connectivity index (χ1) is 14.0. The van der Waals surface area contributed by atoms with Crippen molar-refractivity contribution in [2.24, 2.45) is 0 Å². The van der Waals surface area contributed by atoms with Gasteiger partial charge in [0.25, 0.3) is 5.91 Å². The van der Waals surface area contributed by atoms with E-state index in [2.05, 4.69) is 57.6 Å². The molecule has 0 fully saturated rings. The summed E-state index contributed by atoms with van der Waals surface area (Å²) in [7, 11) is 0. The highest BCUT2D eigenvalue weighted by atomic mass is 16.1. The number of nitrogens with zero attached hydrogens (tertiary/aromatic N) is 4. The predicted octanol–water partition coefficient (Wildman–Crippen LogP) is 4.09. The first-order valence-electron chi connectivity index (χ1n) is 9.49. The quantitative estimate of drug-likeness (QED) is 0.541. The zero-order valence-corrected chi connectivity index (χ0v) is 16.6. The van der Waals surface area contributed by atoms with Gasteiger partial charge in [-0.15, -0.1) is 0 Å². The Bertz CT molecular complexity index is 1140. The van der Waals surface area contributed by atoms with Crippen molar-refractivity contribution < 1.29 is 4.79 Å². The van der Waals surface area contributed by atoms with Crippen molar-refractivity contribution in [2.75, 3.05) is 5.32 Å². The van der Waals surface area contributed by atoms with Gasteiger partial charge in [0.05, 0.1) is 23.1 Å². The smallest absolute Gasteiger partial charge is 0.260 e. The number of aromatic nitrogens is 5. The maximum Gasteiger partial charge on any atom is 0.260 e. The Hall–Kier alpha value is -3.74. The second-order valence-electron chi connectivity index (χ2n) is 6.96. The summed E-state index contributed by atoms with van der Waals surface area (Å²) in [4.78, 5) is 17.2. The van der Waals surface area contributed by atoms with Crippen molar-refractivity contribution >= 4 is 11.7 Å². The van der Waals surface area contributed by atoms with Gasteiger partial charge in [0, 0.05) is 17.8 Å². The summed E-state index contributed by atoms with van der Waals surface area (Å²) in [6.07, 6.45) is 3.92. The molecule has 0 aliphatic carbocycles. The van der Waals surface area contributed by atoms with Crippen molar-refractivity contribution in [2.45, 2.75) is 27.2 Å². The number of rotatable bonds is 5. The normalized spacial score (nSPS) is 10.9. The summed E-state index contributed by atoms with van der Waals surface area (Å²) in [6, 6.07) is 13.7. The fourth-order valence-corrected chi connectivity index (χ4v) is 3.43. The number of amides is 1. The molecule has 3 aromatic heterocycles. The van der Waals surface area contributed by atoms with Crippen LogP contribution in [0, 0.1) is 13.8 Å². The Morgan fingerprint density at radius 1 is 1.14 bits per heavy atom. The average molecular weight is 386 g/mol. The van der Waals surface area contributed by atoms with Gasteiger partial charge in [-0.3, -0.25) is 9.89 Å². The number of pyridine rings is 1. The number of hydrogen-bond donors (Lipinski definition) is 2. The van der Waals surface area contributed by atoms with Crippen LogP contribution in [0.4, 0.5) is 5.82 Å². The molecular formula is C22H22N6O. The van der Waals surface area contributed by atoms with Crippen LogP contribution >= 0.6 is 0 Å². The van der Waals surface area contributed by atoms with E-state index >= 15 is 0 Å². The summed E-state index contributed by atoms with van der Waals surface area (Å²) in [5.74, 6) is 0.902. The van der Waals surface area contributed by atoms with Crippen molar-refractivity contribution in [3.63, 3.8) is 0 Å². The zero-order chi connectivity index (χ0) is 20.4. The number of carbonyl (C=O) groups excluding carboxylic acids is 1. The van der Waals surface area contributed by atoms with Crippen LogP contribution < -0.4 is 5.32 Å². The lowest BCUT2D eigenvalue weighted by Crippen LogP contribution is -2.14. The Morgan fingerprint density at radius 2 is 1.93 bits per heavy atom. The molecule has 0 unspecified atom stereocenters. The van der Waals surface area contributed by atoms with Crippen LogP contribution in [0.5, 0.6) is 0 Å². The molecule has 2 N–H and O–H groups in total. The molecule has 7 nitrogen and oxygen atoms in total. The maximum absolute atomic E-state index is 12.9. The lowest BCUT2D eigenvalue weighted by atomic mass is 10.1. The number of benzene rings is 1. The van der Waals surface area contributed by atoms with E-state index in [-0.39, 0.29) is 5.91 Å². The zero-order valence-electron chi connectivity index (χ0n) is 16.6. The highest BCUT2D eigenvalue weighted by Gasteiger charge is 2.18. The molecule has 29 heavy (non-hydrogen) atoms. The van der Waals surface area contributed by atoms with E-state index in [0.29, 0.717) is 23.6 Å². The molecule has 0 aliphatic rings. The third-order valence-corrected chi connectivity index (χ3v) is 4.67. The summed E-state index contributed by atoms with van der Waals surface area (Å²) in [5, 5.41) is 14.5. The van der Waals surface area contributed by atoms with Gasteiger partial charge in [0.1, 0.15) is 0 Å². The number of nitrogens with one attached hydrogen (secondary N) is 2. The van der Waals surface area contributed by atoms with Gasteiger partial charge in [-0.2, -0.15) is 10.2 Å². The van der Waals surface area contributed by atoms with Crippen LogP contribution in [0.3, 0.4) is 0 Å². The summed E-state index contributed by atoms with van der Waals surface area (Å²) in [5.41, 5.74) is 5.55. The predicted molar refractivity (Wildman–Crippen MR) is 112 cm³/mol. The van der Waals surface area contributed by atoms with Crippen LogP contribution in [-0.2, 0) is 6.42 Å². The molecule has 1 amide bonds. The van der Waals surface area contributed by atoms with Crippen molar-refractivity contribution in [1.82, 2.24) is 25.0 Å². The van der Waals surface area contributed by atoms with Gasteiger partial charge in [0.2, 0.25) is 0 Å². The molecule has 0 bridgehead atoms. The van der Waals surface area contributed by atoms with Crippen LogP contribution in [0.15, 0.2) is 54.9 Å². The van der Waals surface area contributed by atoms with E-state index in [1.54, 1.807) is 17.1 Å². The molecule has 146 valence electrons. The van der Waals surface area contributed by atoms with Gasteiger partial charge in [-0.25, -0.2) is 9.67 Å². The Morgan fingerprint density at radius 3 is 2.62 bits per heavy atom. The minimum atomic E-state index is -0.248. The minimum absolute atomic E-state index is 0.248. The third-order valence-electron chi connectivity index (χ3n) is 4.67. The van der Waals surface area contributed by atoms with Gasteiger partial charge in [-0.1, -0.05) is 30.2 Å². The molecule has 0 saturated heterocycles. The molecule has 0 atom stereocenters. The Balaban J connectivity index is 1.58. The highest BCUT2D eigenvalue weighted by Crippen LogP contribution is 2.23. The first kappa shape index (κ1) is 18.6. The van der Waals surface area contributed by atoms with E-state index < -0.39 is 0 Å². The van der Waals surface area contributed by atoms with Crippen molar-refractivity contribution in [1.29, 1.82) is 0 Å². The molecule has 4 rings (SSSR count). The van der Waals surface area contributed by atoms with Gasteiger partial charge in [-0.05, 0) is 44.5 Å². The minimum Gasteiger partial charge on any atom is -0.305 e. The number of aromatic amines is 1. The number of anilines is 1. The standard InChI is InChI=1S/C22H22N6O/c1-4-19-17(13-24-28(19)21-7-5-6-8-23-21)22(29)25-20-12-18(26-27-20)16-10-14(2)9-15(3)11-16/h5-13H,4H2,1-3H3,(H2,25,26,27,29). The van der Waals surface area contributed by atoms with Gasteiger partial charge >= 0.3 is 0 Å². The van der Waals surface area contributed by atoms with Gasteiger partial charge < -0.3 is 5.32 Å². The van der Waals surface area contributed by atoms with Crippen LogP contribution in [0.2, 0.25) is 0 Å². The number of aryl methyl sites for hydroxylation is 2. The SMILES string of the molecule is CCc1c(C(=O)Nc2cc(-c3cc(C)cc(C)c3)[nH]n2)cnn1-c1ccccn1. The number of H-pyrrole nitrogens is 1. The van der Waals surface area contributed by atoms with E-state index in [1.165, 1.54) is 11.1 Å². The third kappa shape index (κ3) is 3.80. The maximum atomic E-state index is 12.9. The summed E-state index contributed by atoms with van der Waals surface area (Å²) in [6.45, 7) is 6.10.